The Morgan fingerprint density at radius 2 is 2.05 bits per heavy atom. The topological polar surface area (TPSA) is 55.1 Å². The quantitative estimate of drug-likeness (QED) is 0.851. The number of hydrogen-bond donors (Lipinski definition) is 2. The van der Waals surface area contributed by atoms with Crippen LogP contribution in [0.4, 0.5) is 0 Å². The predicted octanol–water partition coefficient (Wildman–Crippen LogP) is 2.77. The summed E-state index contributed by atoms with van der Waals surface area (Å²) in [5, 5.41) is 5.46. The Balaban J connectivity index is 1.93. The van der Waals surface area contributed by atoms with Crippen molar-refractivity contribution >= 4 is 17.2 Å². The lowest BCUT2D eigenvalue weighted by Gasteiger charge is -2.10. The summed E-state index contributed by atoms with van der Waals surface area (Å²) >= 11 is 1.73. The first kappa shape index (κ1) is 13.8. The van der Waals surface area contributed by atoms with Crippen LogP contribution in [0.15, 0.2) is 41.8 Å². The van der Waals surface area contributed by atoms with E-state index in [-0.39, 0.29) is 11.9 Å². The monoisotopic (exact) mass is 274 g/mol. The molecule has 2 aromatic rings. The summed E-state index contributed by atoms with van der Waals surface area (Å²) < 4.78 is 0. The van der Waals surface area contributed by atoms with Crippen LogP contribution >= 0.6 is 11.3 Å². The van der Waals surface area contributed by atoms with Crippen LogP contribution in [-0.4, -0.2) is 11.9 Å². The summed E-state index contributed by atoms with van der Waals surface area (Å²) in [5.74, 6) is -0.267. The van der Waals surface area contributed by atoms with Gasteiger partial charge in [-0.05, 0) is 29.5 Å². The number of rotatable bonds is 6. The predicted molar refractivity (Wildman–Crippen MR) is 79.9 cm³/mol. The molecule has 4 heteroatoms. The number of benzene rings is 1. The number of nitrogens with one attached hydrogen (secondary N) is 1. The normalized spacial score (nSPS) is 12.3. The van der Waals surface area contributed by atoms with Crippen molar-refractivity contribution in [2.75, 3.05) is 0 Å². The number of thiophene rings is 1. The molecular formula is C15H18N2OS. The average molecular weight is 274 g/mol. The minimum absolute atomic E-state index is 0.111. The zero-order valence-electron chi connectivity index (χ0n) is 10.9. The van der Waals surface area contributed by atoms with Crippen molar-refractivity contribution in [2.24, 2.45) is 5.73 Å². The molecule has 1 atom stereocenters. The van der Waals surface area contributed by atoms with Gasteiger partial charge in [0, 0.05) is 23.9 Å². The molecule has 3 nitrogen and oxygen atoms in total. The molecule has 0 radical (unpaired) electrons. The first-order valence-electron chi connectivity index (χ1n) is 6.29. The minimum Gasteiger partial charge on any atom is -0.370 e. The van der Waals surface area contributed by atoms with Gasteiger partial charge in [-0.3, -0.25) is 4.79 Å². The molecule has 0 aliphatic heterocycles. The highest BCUT2D eigenvalue weighted by Crippen LogP contribution is 2.25. The van der Waals surface area contributed by atoms with E-state index < -0.39 is 0 Å². The molecule has 2 rings (SSSR count). The van der Waals surface area contributed by atoms with E-state index in [1.165, 1.54) is 16.0 Å². The van der Waals surface area contributed by atoms with Gasteiger partial charge in [-0.2, -0.15) is 0 Å². The van der Waals surface area contributed by atoms with E-state index in [1.54, 1.807) is 11.3 Å². The second kappa shape index (κ2) is 6.50. The standard InChI is InChI=1S/C15H18N2OS/c1-11(7-15(16)18)17-9-14-8-13(10-19-14)12-5-3-2-4-6-12/h2-6,8,10-11,17H,7,9H2,1H3,(H2,16,18). The van der Waals surface area contributed by atoms with Gasteiger partial charge in [-0.15, -0.1) is 11.3 Å². The highest BCUT2D eigenvalue weighted by atomic mass is 32.1. The molecule has 0 saturated heterocycles. The second-order valence-electron chi connectivity index (χ2n) is 4.62. The van der Waals surface area contributed by atoms with Crippen LogP contribution in [0.5, 0.6) is 0 Å². The highest BCUT2D eigenvalue weighted by Gasteiger charge is 2.07. The third-order valence-electron chi connectivity index (χ3n) is 2.89. The van der Waals surface area contributed by atoms with E-state index in [4.69, 9.17) is 5.73 Å². The number of hydrogen-bond acceptors (Lipinski definition) is 3. The molecule has 0 aliphatic rings. The maximum absolute atomic E-state index is 10.8. The highest BCUT2D eigenvalue weighted by molar-refractivity contribution is 7.10. The van der Waals surface area contributed by atoms with Gasteiger partial charge in [0.1, 0.15) is 0 Å². The molecule has 1 heterocycles. The van der Waals surface area contributed by atoms with E-state index >= 15 is 0 Å². The van der Waals surface area contributed by atoms with E-state index in [9.17, 15) is 4.79 Å². The third-order valence-corrected chi connectivity index (χ3v) is 3.83. The van der Waals surface area contributed by atoms with Gasteiger partial charge in [0.05, 0.1) is 0 Å². The minimum atomic E-state index is -0.267. The average Bonchev–Trinajstić information content (AvgIpc) is 2.85. The first-order valence-corrected chi connectivity index (χ1v) is 7.17. The van der Waals surface area contributed by atoms with Crippen LogP contribution in [0.25, 0.3) is 11.1 Å². The van der Waals surface area contributed by atoms with Gasteiger partial charge in [-0.25, -0.2) is 0 Å². The van der Waals surface area contributed by atoms with Gasteiger partial charge in [0.15, 0.2) is 0 Å². The van der Waals surface area contributed by atoms with Crippen molar-refractivity contribution in [1.82, 2.24) is 5.32 Å². The van der Waals surface area contributed by atoms with Gasteiger partial charge in [0.25, 0.3) is 0 Å². The van der Waals surface area contributed by atoms with Crippen molar-refractivity contribution in [3.63, 3.8) is 0 Å². The zero-order valence-corrected chi connectivity index (χ0v) is 11.7. The molecule has 1 amide bonds. The van der Waals surface area contributed by atoms with Crippen LogP contribution in [0.1, 0.15) is 18.2 Å². The molecule has 100 valence electrons. The second-order valence-corrected chi connectivity index (χ2v) is 5.62. The number of carbonyl (C=O) groups is 1. The summed E-state index contributed by atoms with van der Waals surface area (Å²) in [4.78, 5) is 12.1. The number of carbonyl (C=O) groups excluding carboxylic acids is 1. The number of nitrogens with two attached hydrogens (primary N) is 1. The van der Waals surface area contributed by atoms with E-state index in [1.807, 2.05) is 25.1 Å². The van der Waals surface area contributed by atoms with Crippen molar-refractivity contribution < 1.29 is 4.79 Å². The largest absolute Gasteiger partial charge is 0.370 e. The Hall–Kier alpha value is -1.65. The molecule has 0 spiro atoms. The summed E-state index contributed by atoms with van der Waals surface area (Å²) in [5.41, 5.74) is 7.64. The van der Waals surface area contributed by atoms with Crippen molar-refractivity contribution in [1.29, 1.82) is 0 Å². The number of primary amides is 1. The number of amides is 1. The summed E-state index contributed by atoms with van der Waals surface area (Å²) in [6, 6.07) is 12.6. The molecule has 19 heavy (non-hydrogen) atoms. The third kappa shape index (κ3) is 4.19. The lowest BCUT2D eigenvalue weighted by Crippen LogP contribution is -2.30. The van der Waals surface area contributed by atoms with E-state index in [0.717, 1.165) is 6.54 Å². The molecule has 1 unspecified atom stereocenters. The van der Waals surface area contributed by atoms with Gasteiger partial charge in [-0.1, -0.05) is 30.3 Å². The van der Waals surface area contributed by atoms with Crippen LogP contribution in [0.3, 0.4) is 0 Å². The Morgan fingerprint density at radius 1 is 1.32 bits per heavy atom. The van der Waals surface area contributed by atoms with E-state index in [0.29, 0.717) is 6.42 Å². The SMILES string of the molecule is CC(CC(N)=O)NCc1cc(-c2ccccc2)cs1. The van der Waals surface area contributed by atoms with Crippen LogP contribution in [0.2, 0.25) is 0 Å². The molecule has 1 aromatic heterocycles. The Bertz CT molecular complexity index is 536. The van der Waals surface area contributed by atoms with Crippen molar-refractivity contribution in [3.8, 4) is 11.1 Å². The lowest BCUT2D eigenvalue weighted by molar-refractivity contribution is -0.118. The Labute approximate surface area is 117 Å². The van der Waals surface area contributed by atoms with Crippen LogP contribution < -0.4 is 11.1 Å². The van der Waals surface area contributed by atoms with Crippen LogP contribution in [-0.2, 0) is 11.3 Å². The molecule has 0 saturated carbocycles. The smallest absolute Gasteiger partial charge is 0.218 e. The molecule has 0 bridgehead atoms. The summed E-state index contributed by atoms with van der Waals surface area (Å²) in [7, 11) is 0. The van der Waals surface area contributed by atoms with Gasteiger partial charge in [0.2, 0.25) is 5.91 Å². The zero-order chi connectivity index (χ0) is 13.7. The Kier molecular flexibility index (Phi) is 4.71. The Morgan fingerprint density at radius 3 is 2.74 bits per heavy atom. The van der Waals surface area contributed by atoms with Crippen LogP contribution in [0, 0.1) is 0 Å². The molecular weight excluding hydrogens is 256 g/mol. The maximum atomic E-state index is 10.8. The summed E-state index contributed by atoms with van der Waals surface area (Å²) in [6.07, 6.45) is 0.372. The lowest BCUT2D eigenvalue weighted by atomic mass is 10.1. The fourth-order valence-electron chi connectivity index (χ4n) is 1.90. The van der Waals surface area contributed by atoms with Crippen molar-refractivity contribution in [3.05, 3.63) is 46.7 Å². The molecule has 0 fully saturated rings. The fourth-order valence-corrected chi connectivity index (χ4v) is 2.75. The molecule has 3 N–H and O–H groups in total. The van der Waals surface area contributed by atoms with E-state index in [2.05, 4.69) is 28.9 Å². The summed E-state index contributed by atoms with van der Waals surface area (Å²) in [6.45, 7) is 2.74. The van der Waals surface area contributed by atoms with Crippen molar-refractivity contribution in [2.45, 2.75) is 25.9 Å². The first-order chi connectivity index (χ1) is 9.15. The maximum Gasteiger partial charge on any atom is 0.218 e. The molecule has 1 aromatic carbocycles. The molecule has 0 aliphatic carbocycles. The van der Waals surface area contributed by atoms with Gasteiger partial charge >= 0.3 is 0 Å². The van der Waals surface area contributed by atoms with Gasteiger partial charge < -0.3 is 11.1 Å². The fraction of sp³-hybridized carbons (Fsp3) is 0.267.